The fraction of sp³-hybridized carbons (Fsp3) is 0.200. The monoisotopic (exact) mass is 212 g/mol. The van der Waals surface area contributed by atoms with E-state index < -0.39 is 0 Å². The van der Waals surface area contributed by atoms with Gasteiger partial charge in [-0.3, -0.25) is 0 Å². The van der Waals surface area contributed by atoms with Gasteiger partial charge >= 0.3 is 0 Å². The van der Waals surface area contributed by atoms with Gasteiger partial charge in [-0.1, -0.05) is 11.6 Å². The quantitative estimate of drug-likeness (QED) is 0.769. The Kier molecular flexibility index (Phi) is 2.28. The van der Waals surface area contributed by atoms with Crippen LogP contribution in [0.25, 0.3) is 10.1 Å². The minimum atomic E-state index is 0.0983. The number of aliphatic hydroxyl groups excluding tert-OH is 1. The summed E-state index contributed by atoms with van der Waals surface area (Å²) in [7, 11) is 0. The molecular weight excluding hydrogens is 204 g/mol. The standard InChI is InChI=1S/C10H9ClOS/c1-6-2-8-7(4-12)5-13-10(8)3-9(6)11/h2-3,5,12H,4H2,1H3. The minimum Gasteiger partial charge on any atom is -0.392 e. The van der Waals surface area contributed by atoms with Crippen LogP contribution in [0.3, 0.4) is 0 Å². The van der Waals surface area contributed by atoms with Crippen LogP contribution in [-0.2, 0) is 6.61 Å². The first-order valence-electron chi connectivity index (χ1n) is 3.99. The lowest BCUT2D eigenvalue weighted by molar-refractivity contribution is 0.284. The van der Waals surface area contributed by atoms with Gasteiger partial charge in [0.15, 0.2) is 0 Å². The van der Waals surface area contributed by atoms with Crippen LogP contribution in [0.5, 0.6) is 0 Å². The van der Waals surface area contributed by atoms with E-state index in [4.69, 9.17) is 16.7 Å². The number of fused-ring (bicyclic) bond motifs is 1. The van der Waals surface area contributed by atoms with E-state index in [-0.39, 0.29) is 6.61 Å². The molecule has 0 aliphatic rings. The highest BCUT2D eigenvalue weighted by Crippen LogP contribution is 2.30. The molecule has 0 spiro atoms. The molecule has 1 nitrogen and oxygen atoms in total. The highest BCUT2D eigenvalue weighted by Gasteiger charge is 2.05. The number of halogens is 1. The molecule has 0 unspecified atom stereocenters. The molecule has 3 heteroatoms. The van der Waals surface area contributed by atoms with Crippen molar-refractivity contribution >= 4 is 33.0 Å². The second-order valence-corrected chi connectivity index (χ2v) is 4.34. The summed E-state index contributed by atoms with van der Waals surface area (Å²) >= 11 is 7.60. The Balaban J connectivity index is 2.77. The maximum atomic E-state index is 9.06. The third kappa shape index (κ3) is 1.46. The van der Waals surface area contributed by atoms with Gasteiger partial charge in [-0.2, -0.15) is 0 Å². The number of benzene rings is 1. The Bertz CT molecular complexity index is 447. The lowest BCUT2D eigenvalue weighted by Crippen LogP contribution is -1.80. The fourth-order valence-electron chi connectivity index (χ4n) is 1.33. The van der Waals surface area contributed by atoms with Crippen molar-refractivity contribution in [3.05, 3.63) is 33.7 Å². The number of rotatable bonds is 1. The van der Waals surface area contributed by atoms with Gasteiger partial charge in [-0.05, 0) is 40.9 Å². The number of thiophene rings is 1. The van der Waals surface area contributed by atoms with E-state index in [1.807, 2.05) is 24.4 Å². The highest BCUT2D eigenvalue weighted by atomic mass is 35.5. The van der Waals surface area contributed by atoms with E-state index in [1.54, 1.807) is 11.3 Å². The number of hydrogen-bond acceptors (Lipinski definition) is 2. The van der Waals surface area contributed by atoms with Gasteiger partial charge in [0.2, 0.25) is 0 Å². The average Bonchev–Trinajstić information content (AvgIpc) is 2.48. The molecular formula is C10H9ClOS. The third-order valence-electron chi connectivity index (χ3n) is 2.11. The molecule has 2 aromatic rings. The molecule has 0 saturated heterocycles. The second-order valence-electron chi connectivity index (χ2n) is 3.02. The number of aliphatic hydroxyl groups is 1. The largest absolute Gasteiger partial charge is 0.392 e. The summed E-state index contributed by atoms with van der Waals surface area (Å²) in [4.78, 5) is 0. The van der Waals surface area contributed by atoms with Crippen LogP contribution in [0, 0.1) is 6.92 Å². The van der Waals surface area contributed by atoms with E-state index in [9.17, 15) is 0 Å². The van der Waals surface area contributed by atoms with Crippen molar-refractivity contribution in [1.29, 1.82) is 0 Å². The van der Waals surface area contributed by atoms with Gasteiger partial charge in [-0.15, -0.1) is 11.3 Å². The molecule has 0 aliphatic carbocycles. The van der Waals surface area contributed by atoms with Crippen LogP contribution in [0.4, 0.5) is 0 Å². The van der Waals surface area contributed by atoms with Crippen molar-refractivity contribution in [3.8, 4) is 0 Å². The van der Waals surface area contributed by atoms with Crippen molar-refractivity contribution in [2.75, 3.05) is 0 Å². The van der Waals surface area contributed by atoms with E-state index in [1.165, 1.54) is 0 Å². The van der Waals surface area contributed by atoms with Crippen LogP contribution in [0.15, 0.2) is 17.5 Å². The van der Waals surface area contributed by atoms with Crippen molar-refractivity contribution in [2.45, 2.75) is 13.5 Å². The molecule has 2 rings (SSSR count). The molecule has 1 N–H and O–H groups in total. The molecule has 0 bridgehead atoms. The number of aryl methyl sites for hydroxylation is 1. The predicted molar refractivity (Wildman–Crippen MR) is 57.5 cm³/mol. The van der Waals surface area contributed by atoms with E-state index in [0.29, 0.717) is 0 Å². The fourth-order valence-corrected chi connectivity index (χ4v) is 2.53. The average molecular weight is 213 g/mol. The van der Waals surface area contributed by atoms with E-state index in [2.05, 4.69) is 0 Å². The first-order valence-corrected chi connectivity index (χ1v) is 5.25. The van der Waals surface area contributed by atoms with Gasteiger partial charge in [-0.25, -0.2) is 0 Å². The predicted octanol–water partition coefficient (Wildman–Crippen LogP) is 3.36. The van der Waals surface area contributed by atoms with Crippen LogP contribution in [0.1, 0.15) is 11.1 Å². The maximum absolute atomic E-state index is 9.06. The lowest BCUT2D eigenvalue weighted by atomic mass is 10.1. The maximum Gasteiger partial charge on any atom is 0.0696 e. The molecule has 0 atom stereocenters. The van der Waals surface area contributed by atoms with Crippen LogP contribution in [0.2, 0.25) is 5.02 Å². The summed E-state index contributed by atoms with van der Waals surface area (Å²) in [5, 5.41) is 12.9. The summed E-state index contributed by atoms with van der Waals surface area (Å²) in [5.41, 5.74) is 2.04. The molecule has 0 radical (unpaired) electrons. The zero-order valence-electron chi connectivity index (χ0n) is 7.17. The van der Waals surface area contributed by atoms with E-state index in [0.717, 1.165) is 26.2 Å². The van der Waals surface area contributed by atoms with Crippen molar-refractivity contribution in [3.63, 3.8) is 0 Å². The molecule has 0 aliphatic heterocycles. The summed E-state index contributed by atoms with van der Waals surface area (Å²) in [6, 6.07) is 3.98. The summed E-state index contributed by atoms with van der Waals surface area (Å²) in [6.45, 7) is 2.07. The van der Waals surface area contributed by atoms with Crippen molar-refractivity contribution in [1.82, 2.24) is 0 Å². The molecule has 1 heterocycles. The Morgan fingerprint density at radius 1 is 1.46 bits per heavy atom. The summed E-state index contributed by atoms with van der Waals surface area (Å²) < 4.78 is 1.14. The minimum absolute atomic E-state index is 0.0983. The SMILES string of the molecule is Cc1cc2c(CO)csc2cc1Cl. The lowest BCUT2D eigenvalue weighted by Gasteiger charge is -1.98. The Hall–Kier alpha value is -0.570. The normalized spacial score (nSPS) is 11.0. The smallest absolute Gasteiger partial charge is 0.0696 e. The zero-order valence-corrected chi connectivity index (χ0v) is 8.75. The Labute approximate surface area is 85.6 Å². The third-order valence-corrected chi connectivity index (χ3v) is 3.51. The van der Waals surface area contributed by atoms with Gasteiger partial charge in [0.1, 0.15) is 0 Å². The van der Waals surface area contributed by atoms with Gasteiger partial charge in [0.25, 0.3) is 0 Å². The van der Waals surface area contributed by atoms with Crippen molar-refractivity contribution < 1.29 is 5.11 Å². The van der Waals surface area contributed by atoms with Crippen LogP contribution < -0.4 is 0 Å². The number of hydrogen-bond donors (Lipinski definition) is 1. The Morgan fingerprint density at radius 3 is 2.92 bits per heavy atom. The molecule has 1 aromatic carbocycles. The zero-order chi connectivity index (χ0) is 9.42. The molecule has 0 fully saturated rings. The molecule has 1 aromatic heterocycles. The summed E-state index contributed by atoms with van der Waals surface area (Å²) in [6.07, 6.45) is 0. The van der Waals surface area contributed by atoms with Gasteiger partial charge < -0.3 is 5.11 Å². The Morgan fingerprint density at radius 2 is 2.23 bits per heavy atom. The van der Waals surface area contributed by atoms with Crippen LogP contribution in [-0.4, -0.2) is 5.11 Å². The summed E-state index contributed by atoms with van der Waals surface area (Å²) in [5.74, 6) is 0. The highest BCUT2D eigenvalue weighted by molar-refractivity contribution is 7.17. The van der Waals surface area contributed by atoms with Crippen molar-refractivity contribution in [2.24, 2.45) is 0 Å². The molecule has 68 valence electrons. The first-order chi connectivity index (χ1) is 6.22. The van der Waals surface area contributed by atoms with Gasteiger partial charge in [0, 0.05) is 9.72 Å². The second kappa shape index (κ2) is 3.29. The molecule has 13 heavy (non-hydrogen) atoms. The topological polar surface area (TPSA) is 20.2 Å². The van der Waals surface area contributed by atoms with Crippen LogP contribution >= 0.6 is 22.9 Å². The van der Waals surface area contributed by atoms with E-state index >= 15 is 0 Å². The van der Waals surface area contributed by atoms with Gasteiger partial charge in [0.05, 0.1) is 6.61 Å². The molecule has 0 amide bonds. The first kappa shape index (κ1) is 9.00. The molecule has 0 saturated carbocycles.